The summed E-state index contributed by atoms with van der Waals surface area (Å²) in [4.78, 5) is 0.214. The molecule has 3 rings (SSSR count). The van der Waals surface area contributed by atoms with E-state index in [1.807, 2.05) is 12.3 Å². The number of aryl methyl sites for hydroxylation is 1. The second-order valence-corrected chi connectivity index (χ2v) is 10.7. The van der Waals surface area contributed by atoms with Crippen molar-refractivity contribution in [3.8, 4) is 6.07 Å². The van der Waals surface area contributed by atoms with E-state index < -0.39 is 10.1 Å². The Morgan fingerprint density at radius 3 is 1.86 bits per heavy atom. The van der Waals surface area contributed by atoms with E-state index in [0.29, 0.717) is 24.7 Å². The standard InChI is InChI=1S/C15H18O3S2.C9H11NS.CN.CH4.Na/c1-12-3-5-15(6-4-12)20(16,17)18-9-7-13(2)14-8-10-19-11-14;1-8(3-2-5-10)9-4-6-11-7-9;1-2;;/h3-6,8,10-11,13H,7,9H2,1-2H3;4,6-8H,2-3H2,1H3;;1H4;/q;;-1;;+1. The molecule has 184 valence electrons. The summed E-state index contributed by atoms with van der Waals surface area (Å²) < 4.78 is 29.1. The minimum Gasteiger partial charge on any atom is -0.512 e. The molecule has 0 N–H and O–H groups in total. The smallest absolute Gasteiger partial charge is 0.512 e. The zero-order chi connectivity index (χ0) is 24.7. The molecule has 2 heterocycles. The monoisotopic (exact) mass is 540 g/mol. The molecule has 2 atom stereocenters. The molecule has 1 aromatic carbocycles. The van der Waals surface area contributed by atoms with E-state index in [4.69, 9.17) is 21.3 Å². The van der Waals surface area contributed by atoms with E-state index in [-0.39, 0.29) is 48.5 Å². The van der Waals surface area contributed by atoms with Crippen LogP contribution in [0.25, 0.3) is 0 Å². The Hall–Kier alpha value is -1.49. The number of benzene rings is 1. The molecule has 0 spiro atoms. The van der Waals surface area contributed by atoms with Gasteiger partial charge in [-0.3, -0.25) is 4.18 Å². The zero-order valence-electron chi connectivity index (χ0n) is 20.1. The van der Waals surface area contributed by atoms with Crippen molar-refractivity contribution in [1.82, 2.24) is 0 Å². The van der Waals surface area contributed by atoms with Crippen molar-refractivity contribution in [3.63, 3.8) is 0 Å². The molecule has 0 radical (unpaired) electrons. The summed E-state index contributed by atoms with van der Waals surface area (Å²) in [6.45, 7) is 11.1. The first-order valence-corrected chi connectivity index (χ1v) is 13.7. The first-order chi connectivity index (χ1) is 15.8. The molecule has 0 aliphatic heterocycles. The number of nitriles is 1. The topological polar surface area (TPSA) is 90.9 Å². The molecule has 0 fully saturated rings. The van der Waals surface area contributed by atoms with Crippen molar-refractivity contribution in [1.29, 1.82) is 10.5 Å². The van der Waals surface area contributed by atoms with Gasteiger partial charge in [-0.2, -0.15) is 36.4 Å². The van der Waals surface area contributed by atoms with Gasteiger partial charge in [0.05, 0.1) is 17.6 Å². The molecule has 0 saturated heterocycles. The summed E-state index contributed by atoms with van der Waals surface area (Å²) >= 11 is 3.36. The zero-order valence-corrected chi connectivity index (χ0v) is 24.6. The van der Waals surface area contributed by atoms with Crippen molar-refractivity contribution in [2.75, 3.05) is 6.61 Å². The SMILES string of the molecule is C.CC(CCC#N)c1ccsc1.Cc1ccc(S(=O)(=O)OCCC(C)c2ccsc2)cc1.[C-]#N.[Na+]. The Morgan fingerprint density at radius 1 is 0.943 bits per heavy atom. The van der Waals surface area contributed by atoms with Gasteiger partial charge in [-0.25, -0.2) is 0 Å². The molecule has 0 amide bonds. The maximum atomic E-state index is 12.0. The first-order valence-electron chi connectivity index (χ1n) is 10.4. The summed E-state index contributed by atoms with van der Waals surface area (Å²) in [5, 5.41) is 23.0. The van der Waals surface area contributed by atoms with Gasteiger partial charge in [0.1, 0.15) is 0 Å². The van der Waals surface area contributed by atoms with Crippen LogP contribution < -0.4 is 29.6 Å². The van der Waals surface area contributed by atoms with Crippen molar-refractivity contribution in [2.24, 2.45) is 0 Å². The van der Waals surface area contributed by atoms with Gasteiger partial charge in [0, 0.05) is 6.42 Å². The number of hydrogen-bond acceptors (Lipinski definition) is 7. The Morgan fingerprint density at radius 2 is 1.43 bits per heavy atom. The van der Waals surface area contributed by atoms with Gasteiger partial charge in [-0.05, 0) is 88.5 Å². The van der Waals surface area contributed by atoms with Gasteiger partial charge in [0.2, 0.25) is 0 Å². The third-order valence-electron chi connectivity index (χ3n) is 5.01. The second kappa shape index (κ2) is 19.7. The fourth-order valence-corrected chi connectivity index (χ4v) is 5.32. The summed E-state index contributed by atoms with van der Waals surface area (Å²) in [6.07, 6.45) is 2.33. The third-order valence-corrected chi connectivity index (χ3v) is 7.74. The summed E-state index contributed by atoms with van der Waals surface area (Å²) in [5.74, 6) is 0.843. The quantitative estimate of drug-likeness (QED) is 0.220. The van der Waals surface area contributed by atoms with Gasteiger partial charge >= 0.3 is 29.6 Å². The fourth-order valence-electron chi connectivity index (χ4n) is 2.83. The summed E-state index contributed by atoms with van der Waals surface area (Å²) in [7, 11) is -3.64. The molecule has 0 aliphatic carbocycles. The van der Waals surface area contributed by atoms with Crippen LogP contribution in [0.5, 0.6) is 0 Å². The molecular formula is C26H33N2NaO3S3. The van der Waals surface area contributed by atoms with Crippen LogP contribution in [-0.4, -0.2) is 15.0 Å². The predicted molar refractivity (Wildman–Crippen MR) is 141 cm³/mol. The Labute approximate surface area is 241 Å². The number of hydrogen-bond donors (Lipinski definition) is 0. The van der Waals surface area contributed by atoms with Crippen LogP contribution in [0.3, 0.4) is 0 Å². The van der Waals surface area contributed by atoms with Crippen LogP contribution in [0.4, 0.5) is 0 Å². The van der Waals surface area contributed by atoms with E-state index in [1.165, 1.54) is 11.1 Å². The molecule has 3 aromatic rings. The molecule has 5 nitrogen and oxygen atoms in total. The van der Waals surface area contributed by atoms with Crippen molar-refractivity contribution in [3.05, 3.63) is 81.2 Å². The normalized spacial score (nSPS) is 11.5. The second-order valence-electron chi connectivity index (χ2n) is 7.49. The van der Waals surface area contributed by atoms with Crippen molar-refractivity contribution < 1.29 is 42.2 Å². The third kappa shape index (κ3) is 13.4. The number of nitrogens with zero attached hydrogens (tertiary/aromatic N) is 2. The van der Waals surface area contributed by atoms with Gasteiger partial charge in [0.15, 0.2) is 0 Å². The average molecular weight is 541 g/mol. The maximum absolute atomic E-state index is 12.0. The molecule has 0 saturated carbocycles. The van der Waals surface area contributed by atoms with E-state index in [1.54, 1.807) is 46.9 Å². The summed E-state index contributed by atoms with van der Waals surface area (Å²) in [5.41, 5.74) is 3.62. The van der Waals surface area contributed by atoms with Crippen LogP contribution in [0.15, 0.2) is 62.8 Å². The van der Waals surface area contributed by atoms with E-state index in [9.17, 15) is 8.42 Å². The average Bonchev–Trinajstić information content (AvgIpc) is 3.54. The summed E-state index contributed by atoms with van der Waals surface area (Å²) in [6, 6.07) is 13.0. The number of thiophene rings is 2. The van der Waals surface area contributed by atoms with Gasteiger partial charge in [0.25, 0.3) is 10.1 Å². The van der Waals surface area contributed by atoms with E-state index in [2.05, 4.69) is 48.2 Å². The molecule has 2 unspecified atom stereocenters. The Balaban J connectivity index is 0. The van der Waals surface area contributed by atoms with Gasteiger partial charge < -0.3 is 11.8 Å². The fraction of sp³-hybridized carbons (Fsp3) is 0.385. The van der Waals surface area contributed by atoms with Crippen LogP contribution >= 0.6 is 22.7 Å². The minimum atomic E-state index is -3.64. The van der Waals surface area contributed by atoms with Gasteiger partial charge in [-0.15, -0.1) is 0 Å². The molecule has 0 aliphatic rings. The Bertz CT molecular complexity index is 1070. The Kier molecular flexibility index (Phi) is 20.0. The molecule has 2 aromatic heterocycles. The van der Waals surface area contributed by atoms with Crippen LogP contribution in [-0.2, 0) is 14.3 Å². The predicted octanol–water partition coefficient (Wildman–Crippen LogP) is 4.85. The number of rotatable bonds is 9. The van der Waals surface area contributed by atoms with Crippen LogP contribution in [0.2, 0.25) is 0 Å². The molecule has 0 bridgehead atoms. The van der Waals surface area contributed by atoms with E-state index in [0.717, 1.165) is 12.0 Å². The minimum absolute atomic E-state index is 0. The van der Waals surface area contributed by atoms with E-state index >= 15 is 0 Å². The van der Waals surface area contributed by atoms with Crippen molar-refractivity contribution in [2.45, 2.75) is 64.2 Å². The first kappa shape index (κ1) is 35.7. The van der Waals surface area contributed by atoms with Crippen LogP contribution in [0, 0.1) is 30.1 Å². The van der Waals surface area contributed by atoms with Crippen LogP contribution in [0.1, 0.15) is 69.1 Å². The van der Waals surface area contributed by atoms with Crippen molar-refractivity contribution >= 4 is 32.8 Å². The maximum Gasteiger partial charge on any atom is 1.00 e. The molecular weight excluding hydrogens is 507 g/mol. The van der Waals surface area contributed by atoms with Gasteiger partial charge in [-0.1, -0.05) is 39.0 Å². The largest absolute Gasteiger partial charge is 1.00 e. The molecule has 9 heteroatoms. The molecule has 35 heavy (non-hydrogen) atoms.